The Labute approximate surface area is 176 Å². The summed E-state index contributed by atoms with van der Waals surface area (Å²) >= 11 is 0. The van der Waals surface area contributed by atoms with E-state index in [1.807, 2.05) is 42.5 Å². The molecule has 0 amide bonds. The van der Waals surface area contributed by atoms with Gasteiger partial charge in [0.25, 0.3) is 0 Å². The highest BCUT2D eigenvalue weighted by Gasteiger charge is 2.19. The summed E-state index contributed by atoms with van der Waals surface area (Å²) in [6, 6.07) is 15.6. The van der Waals surface area contributed by atoms with Crippen molar-refractivity contribution in [2.45, 2.75) is 25.7 Å². The fourth-order valence-corrected chi connectivity index (χ4v) is 3.86. The molecule has 0 radical (unpaired) electrons. The lowest BCUT2D eigenvalue weighted by Crippen LogP contribution is -2.30. The third kappa shape index (κ3) is 4.27. The van der Waals surface area contributed by atoms with Crippen LogP contribution < -0.4 is 15.4 Å². The van der Waals surface area contributed by atoms with Gasteiger partial charge in [-0.2, -0.15) is 0 Å². The molecule has 1 saturated heterocycles. The van der Waals surface area contributed by atoms with E-state index >= 15 is 0 Å². The maximum Gasteiger partial charge on any atom is 0.189 e. The monoisotopic (exact) mass is 402 g/mol. The number of hydrogen-bond donors (Lipinski definition) is 1. The molecule has 0 unspecified atom stereocenters. The molecule has 0 aliphatic carbocycles. The van der Waals surface area contributed by atoms with Gasteiger partial charge in [0, 0.05) is 30.8 Å². The highest BCUT2D eigenvalue weighted by molar-refractivity contribution is 6.00. The lowest BCUT2D eigenvalue weighted by molar-refractivity contribution is 0.0989. The number of carbonyl (C=O) groups is 1. The van der Waals surface area contributed by atoms with Crippen molar-refractivity contribution in [2.75, 3.05) is 30.8 Å². The van der Waals surface area contributed by atoms with Gasteiger partial charge in [0.1, 0.15) is 11.4 Å². The molecular weight excluding hydrogens is 376 g/mol. The first-order valence-corrected chi connectivity index (χ1v) is 10.3. The minimum Gasteiger partial charge on any atom is -0.497 e. The van der Waals surface area contributed by atoms with Crippen LogP contribution in [0.25, 0.3) is 11.3 Å². The summed E-state index contributed by atoms with van der Waals surface area (Å²) in [7, 11) is 1.62. The molecule has 1 aromatic heterocycles. The topological polar surface area (TPSA) is 81.3 Å². The largest absolute Gasteiger partial charge is 0.497 e. The molecule has 154 valence electrons. The molecule has 1 fully saturated rings. The summed E-state index contributed by atoms with van der Waals surface area (Å²) in [6.07, 6.45) is 5.48. The van der Waals surface area contributed by atoms with E-state index in [2.05, 4.69) is 20.9 Å². The van der Waals surface area contributed by atoms with Crippen molar-refractivity contribution in [1.82, 2.24) is 9.97 Å². The normalized spacial score (nSPS) is 13.8. The fourth-order valence-electron chi connectivity index (χ4n) is 3.86. The van der Waals surface area contributed by atoms with E-state index in [-0.39, 0.29) is 23.7 Å². The minimum absolute atomic E-state index is 0.125. The van der Waals surface area contributed by atoms with Gasteiger partial charge < -0.3 is 15.4 Å². The van der Waals surface area contributed by atoms with Gasteiger partial charge in [0.2, 0.25) is 0 Å². The quantitative estimate of drug-likeness (QED) is 0.624. The van der Waals surface area contributed by atoms with Crippen LogP contribution in [-0.2, 0) is 6.42 Å². The smallest absolute Gasteiger partial charge is 0.189 e. The van der Waals surface area contributed by atoms with Crippen LogP contribution in [0.5, 0.6) is 5.75 Å². The zero-order valence-electron chi connectivity index (χ0n) is 17.2. The second kappa shape index (κ2) is 8.95. The van der Waals surface area contributed by atoms with E-state index in [0.29, 0.717) is 5.69 Å². The van der Waals surface area contributed by atoms with Gasteiger partial charge in [0.15, 0.2) is 11.6 Å². The van der Waals surface area contributed by atoms with Crippen LogP contribution in [-0.4, -0.2) is 36.0 Å². The van der Waals surface area contributed by atoms with Crippen LogP contribution in [0, 0.1) is 0 Å². The van der Waals surface area contributed by atoms with Gasteiger partial charge in [0.05, 0.1) is 19.0 Å². The number of hydrogen-bond acceptors (Lipinski definition) is 6. The molecule has 0 bridgehead atoms. The number of rotatable bonds is 6. The molecule has 2 heterocycles. The van der Waals surface area contributed by atoms with Crippen molar-refractivity contribution in [3.63, 3.8) is 0 Å². The maximum atomic E-state index is 13.1. The molecule has 0 saturated carbocycles. The van der Waals surface area contributed by atoms with Crippen LogP contribution in [0.2, 0.25) is 0 Å². The lowest BCUT2D eigenvalue weighted by atomic mass is 10.0. The Bertz CT molecular complexity index is 1030. The van der Waals surface area contributed by atoms with E-state index in [9.17, 15) is 4.79 Å². The molecule has 2 aromatic carbocycles. The Morgan fingerprint density at radius 3 is 2.53 bits per heavy atom. The number of piperidine rings is 1. The number of anilines is 2. The molecule has 6 heteroatoms. The van der Waals surface area contributed by atoms with Gasteiger partial charge >= 0.3 is 0 Å². The summed E-state index contributed by atoms with van der Waals surface area (Å²) < 4.78 is 5.20. The average Bonchev–Trinajstić information content (AvgIpc) is 2.80. The van der Waals surface area contributed by atoms with Crippen molar-refractivity contribution in [3.05, 3.63) is 66.0 Å². The SMILES string of the molecule is COc1ccc(-c2cnc(N)c(C(=O)Cc3ccccc3N3CCCCC3)n2)cc1. The van der Waals surface area contributed by atoms with Gasteiger partial charge in [-0.05, 0) is 55.2 Å². The van der Waals surface area contributed by atoms with Crippen molar-refractivity contribution in [2.24, 2.45) is 0 Å². The zero-order valence-corrected chi connectivity index (χ0v) is 17.2. The van der Waals surface area contributed by atoms with E-state index < -0.39 is 0 Å². The number of para-hydroxylation sites is 1. The van der Waals surface area contributed by atoms with Crippen molar-refractivity contribution >= 4 is 17.3 Å². The number of nitrogens with zero attached hydrogens (tertiary/aromatic N) is 3. The number of Topliss-reactive ketones (excluding diaryl/α,β-unsaturated/α-hetero) is 1. The number of benzene rings is 2. The van der Waals surface area contributed by atoms with E-state index in [1.165, 1.54) is 19.3 Å². The number of ketones is 1. The summed E-state index contributed by atoms with van der Waals surface area (Å²) in [6.45, 7) is 2.06. The maximum absolute atomic E-state index is 13.1. The predicted molar refractivity (Wildman–Crippen MR) is 119 cm³/mol. The Morgan fingerprint density at radius 1 is 1.07 bits per heavy atom. The summed E-state index contributed by atoms with van der Waals surface area (Å²) in [5, 5.41) is 0. The molecule has 2 N–H and O–H groups in total. The third-order valence-corrected chi connectivity index (χ3v) is 5.49. The van der Waals surface area contributed by atoms with Crippen molar-refractivity contribution in [3.8, 4) is 17.0 Å². The Kier molecular flexibility index (Phi) is 5.93. The molecule has 0 spiro atoms. The van der Waals surface area contributed by atoms with Crippen LogP contribution in [0.1, 0.15) is 35.3 Å². The second-order valence-electron chi connectivity index (χ2n) is 7.49. The van der Waals surface area contributed by atoms with Crippen molar-refractivity contribution in [1.29, 1.82) is 0 Å². The molecule has 0 atom stereocenters. The standard InChI is InChI=1S/C24H26N4O2/c1-30-19-11-9-17(10-12-19)20-16-26-24(25)23(27-20)22(29)15-18-7-3-4-8-21(18)28-13-5-2-6-14-28/h3-4,7-12,16H,2,5-6,13-15H2,1H3,(H2,25,26). The number of nitrogens with two attached hydrogens (primary N) is 1. The van der Waals surface area contributed by atoms with Gasteiger partial charge in [-0.3, -0.25) is 4.79 Å². The van der Waals surface area contributed by atoms with E-state index in [4.69, 9.17) is 10.5 Å². The average molecular weight is 402 g/mol. The van der Waals surface area contributed by atoms with Crippen LogP contribution >= 0.6 is 0 Å². The molecular formula is C24H26N4O2. The van der Waals surface area contributed by atoms with E-state index in [0.717, 1.165) is 35.7 Å². The molecule has 3 aromatic rings. The number of carbonyl (C=O) groups excluding carboxylic acids is 1. The molecule has 1 aliphatic rings. The van der Waals surface area contributed by atoms with Crippen LogP contribution in [0.3, 0.4) is 0 Å². The Balaban J connectivity index is 1.59. The predicted octanol–water partition coefficient (Wildman–Crippen LogP) is 4.15. The lowest BCUT2D eigenvalue weighted by Gasteiger charge is -2.30. The highest BCUT2D eigenvalue weighted by Crippen LogP contribution is 2.26. The van der Waals surface area contributed by atoms with Crippen molar-refractivity contribution < 1.29 is 9.53 Å². The van der Waals surface area contributed by atoms with Gasteiger partial charge in [-0.15, -0.1) is 0 Å². The minimum atomic E-state index is -0.125. The van der Waals surface area contributed by atoms with Gasteiger partial charge in [-0.25, -0.2) is 9.97 Å². The zero-order chi connectivity index (χ0) is 20.9. The first kappa shape index (κ1) is 19.9. The number of aromatic nitrogens is 2. The fraction of sp³-hybridized carbons (Fsp3) is 0.292. The number of nitrogen functional groups attached to an aromatic ring is 1. The Hall–Kier alpha value is -3.41. The first-order valence-electron chi connectivity index (χ1n) is 10.3. The Morgan fingerprint density at radius 2 is 1.80 bits per heavy atom. The second-order valence-corrected chi connectivity index (χ2v) is 7.49. The number of ether oxygens (including phenoxy) is 1. The molecule has 1 aliphatic heterocycles. The summed E-state index contributed by atoms with van der Waals surface area (Å²) in [5.74, 6) is 0.792. The highest BCUT2D eigenvalue weighted by atomic mass is 16.5. The van der Waals surface area contributed by atoms with Gasteiger partial charge in [-0.1, -0.05) is 18.2 Å². The molecule has 4 rings (SSSR count). The first-order chi connectivity index (χ1) is 14.7. The molecule has 6 nitrogen and oxygen atoms in total. The van der Waals surface area contributed by atoms with E-state index in [1.54, 1.807) is 13.3 Å². The number of methoxy groups -OCH3 is 1. The summed E-state index contributed by atoms with van der Waals surface area (Å²) in [4.78, 5) is 24.3. The third-order valence-electron chi connectivity index (χ3n) is 5.49. The van der Waals surface area contributed by atoms with Crippen LogP contribution in [0.4, 0.5) is 11.5 Å². The summed E-state index contributed by atoms with van der Waals surface area (Å²) in [5.41, 5.74) is 9.84. The van der Waals surface area contributed by atoms with Crippen LogP contribution in [0.15, 0.2) is 54.7 Å². The molecule has 30 heavy (non-hydrogen) atoms.